The Labute approximate surface area is 503 Å². The van der Waals surface area contributed by atoms with Crippen molar-refractivity contribution >= 4 is 53.7 Å². The van der Waals surface area contributed by atoms with E-state index in [1.165, 1.54) is 20.8 Å². The zero-order valence-corrected chi connectivity index (χ0v) is 52.8. The van der Waals surface area contributed by atoms with E-state index in [0.29, 0.717) is 47.5 Å². The van der Waals surface area contributed by atoms with Crippen LogP contribution in [0.15, 0.2) is 140 Å². The Hall–Kier alpha value is -8.01. The van der Waals surface area contributed by atoms with Crippen LogP contribution in [0.25, 0.3) is 0 Å². The van der Waals surface area contributed by atoms with E-state index in [-0.39, 0.29) is 79.3 Å². The van der Waals surface area contributed by atoms with Crippen molar-refractivity contribution in [1.82, 2.24) is 0 Å². The first-order valence-corrected chi connectivity index (χ1v) is 26.6. The highest BCUT2D eigenvalue weighted by molar-refractivity contribution is 5.89. The summed E-state index contributed by atoms with van der Waals surface area (Å²) < 4.78 is 30.9. The summed E-state index contributed by atoms with van der Waals surface area (Å²) in [6.45, 7) is 54.5. The van der Waals surface area contributed by atoms with Gasteiger partial charge in [0, 0.05) is 61.0 Å². The molecular formula is C64H98O21. The zero-order valence-electron chi connectivity index (χ0n) is 52.8. The van der Waals surface area contributed by atoms with Gasteiger partial charge in [-0.3, -0.25) is 0 Å². The molecule has 0 fully saturated rings. The molecule has 1 aromatic carbocycles. The molecule has 0 amide bonds. The summed E-state index contributed by atoms with van der Waals surface area (Å²) >= 11 is 0. The van der Waals surface area contributed by atoms with Crippen LogP contribution in [-0.2, 0) is 71.6 Å². The van der Waals surface area contributed by atoms with Gasteiger partial charge in [0.25, 0.3) is 0 Å². The van der Waals surface area contributed by atoms with Gasteiger partial charge in [-0.2, -0.15) is 0 Å². The molecule has 0 radical (unpaired) electrons. The van der Waals surface area contributed by atoms with Crippen molar-refractivity contribution < 1.29 is 102 Å². The van der Waals surface area contributed by atoms with Crippen LogP contribution >= 0.6 is 0 Å². The highest BCUT2D eigenvalue weighted by atomic mass is 16.6. The summed E-state index contributed by atoms with van der Waals surface area (Å²) in [5, 5.41) is 49.6. The summed E-state index contributed by atoms with van der Waals surface area (Å²) in [6, 6.07) is 9.08. The number of esters is 6. The topological polar surface area (TPSA) is 330 Å². The van der Waals surface area contributed by atoms with Gasteiger partial charge in [-0.1, -0.05) is 124 Å². The Morgan fingerprint density at radius 3 is 1.00 bits per heavy atom. The zero-order chi connectivity index (χ0) is 68.0. The number of aliphatic hydroxyl groups is 3. The maximum atomic E-state index is 11.7. The number of aliphatic hydroxyl groups excluding tert-OH is 3. The van der Waals surface area contributed by atoms with E-state index in [9.17, 15) is 43.2 Å². The molecule has 2 unspecified atom stereocenters. The van der Waals surface area contributed by atoms with Gasteiger partial charge in [0.05, 0.1) is 33.0 Å². The van der Waals surface area contributed by atoms with Crippen molar-refractivity contribution in [2.75, 3.05) is 46.2 Å². The second-order valence-corrected chi connectivity index (χ2v) is 20.5. The van der Waals surface area contributed by atoms with Crippen molar-refractivity contribution in [2.45, 2.75) is 141 Å². The molecule has 21 heteroatoms. The fraction of sp³-hybridized carbons (Fsp3) is 0.484. The normalized spacial score (nSPS) is 10.6. The van der Waals surface area contributed by atoms with E-state index in [1.54, 1.807) is 53.7 Å². The number of ether oxygens (including phenoxy) is 6. The molecule has 0 aliphatic carbocycles. The fourth-order valence-corrected chi connectivity index (χ4v) is 4.86. The Morgan fingerprint density at radius 1 is 0.447 bits per heavy atom. The van der Waals surface area contributed by atoms with Gasteiger partial charge in [0.2, 0.25) is 0 Å². The molecule has 85 heavy (non-hydrogen) atoms. The molecule has 0 heterocycles. The van der Waals surface area contributed by atoms with Crippen LogP contribution in [0.2, 0.25) is 0 Å². The number of aliphatic carboxylic acids is 3. The smallest absolute Gasteiger partial charge is 0.333 e. The number of benzene rings is 1. The van der Waals surface area contributed by atoms with E-state index in [0.717, 1.165) is 31.2 Å². The minimum Gasteiger partial charge on any atom is -0.478 e. The molecule has 1 aromatic rings. The highest BCUT2D eigenvalue weighted by Gasteiger charge is 2.37. The predicted octanol–water partition coefficient (Wildman–Crippen LogP) is 10.3. The predicted molar refractivity (Wildman–Crippen MR) is 326 cm³/mol. The number of carboxylic acid groups (broad SMARTS) is 3. The monoisotopic (exact) mass is 1200 g/mol. The molecule has 2 atom stereocenters. The molecule has 21 nitrogen and oxygen atoms in total. The number of hydrogen-bond donors (Lipinski definition) is 6. The van der Waals surface area contributed by atoms with Gasteiger partial charge in [0.1, 0.15) is 19.3 Å². The molecule has 480 valence electrons. The SMILES string of the molecule is C=C(C)C(=O)O.C=C(C)C(=O)O.C=C(C)C(=O)O.C=C(C)C(=O)OCC(C)(C)C(OC(=O)C(=C)C)C(C)C.C=C(C)C(=O)OCC(OC(=O)C(=C)C)c1ccccc1.C=C(C)C(=O)OCCCCCCOC(=O)C(=C)C.CCC(CO)(CO)CO. The largest absolute Gasteiger partial charge is 0.478 e. The van der Waals surface area contributed by atoms with E-state index in [2.05, 4.69) is 59.2 Å². The summed E-state index contributed by atoms with van der Waals surface area (Å²) in [5.41, 5.74) is 2.23. The number of carboxylic acids is 3. The lowest BCUT2D eigenvalue weighted by Gasteiger charge is -2.36. The lowest BCUT2D eigenvalue weighted by molar-refractivity contribution is -0.160. The Kier molecular flexibility index (Phi) is 51.3. The third-order valence-corrected chi connectivity index (χ3v) is 10.4. The van der Waals surface area contributed by atoms with Crippen molar-refractivity contribution in [3.05, 3.63) is 145 Å². The van der Waals surface area contributed by atoms with Gasteiger partial charge in [-0.15, -0.1) is 0 Å². The van der Waals surface area contributed by atoms with E-state index in [4.69, 9.17) is 59.1 Å². The Morgan fingerprint density at radius 2 is 0.741 bits per heavy atom. The van der Waals surface area contributed by atoms with Gasteiger partial charge in [-0.05, 0) is 106 Å². The lowest BCUT2D eigenvalue weighted by Crippen LogP contribution is -2.41. The summed E-state index contributed by atoms with van der Waals surface area (Å²) in [4.78, 5) is 97.1. The molecular weight excluding hydrogens is 1100 g/mol. The highest BCUT2D eigenvalue weighted by Crippen LogP contribution is 2.30. The second-order valence-electron chi connectivity index (χ2n) is 20.5. The maximum absolute atomic E-state index is 11.7. The minimum atomic E-state index is -0.935. The minimum absolute atomic E-state index is 0.0608. The Bertz CT molecular complexity index is 2260. The van der Waals surface area contributed by atoms with Crippen LogP contribution in [0.4, 0.5) is 0 Å². The Balaban J connectivity index is -0.000000227. The third kappa shape index (κ3) is 49.2. The van der Waals surface area contributed by atoms with Crippen LogP contribution < -0.4 is 0 Å². The van der Waals surface area contributed by atoms with Crippen molar-refractivity contribution in [1.29, 1.82) is 0 Å². The second kappa shape index (κ2) is 49.4. The molecule has 0 saturated heterocycles. The van der Waals surface area contributed by atoms with Gasteiger partial charge < -0.3 is 59.1 Å². The summed E-state index contributed by atoms with van der Waals surface area (Å²) in [5.74, 6) is -5.30. The van der Waals surface area contributed by atoms with Crippen molar-refractivity contribution in [3.8, 4) is 0 Å². The molecule has 0 aliphatic rings. The van der Waals surface area contributed by atoms with Crippen LogP contribution in [0.1, 0.15) is 141 Å². The van der Waals surface area contributed by atoms with Crippen LogP contribution in [0.5, 0.6) is 0 Å². The van der Waals surface area contributed by atoms with Crippen molar-refractivity contribution in [2.24, 2.45) is 16.7 Å². The van der Waals surface area contributed by atoms with Crippen LogP contribution in [-0.4, -0.2) is 137 Å². The van der Waals surface area contributed by atoms with Gasteiger partial charge in [-0.25, -0.2) is 43.2 Å². The van der Waals surface area contributed by atoms with E-state index >= 15 is 0 Å². The quantitative estimate of drug-likeness (QED) is 0.0188. The van der Waals surface area contributed by atoms with E-state index in [1.807, 2.05) is 52.8 Å². The molecule has 6 N–H and O–H groups in total. The van der Waals surface area contributed by atoms with Crippen LogP contribution in [0.3, 0.4) is 0 Å². The first-order chi connectivity index (χ1) is 39.0. The first kappa shape index (κ1) is 88.2. The summed E-state index contributed by atoms with van der Waals surface area (Å²) in [6.07, 6.45) is 3.06. The van der Waals surface area contributed by atoms with Crippen molar-refractivity contribution in [3.63, 3.8) is 0 Å². The van der Waals surface area contributed by atoms with Gasteiger partial charge >= 0.3 is 53.7 Å². The number of carbonyl (C=O) groups is 9. The lowest BCUT2D eigenvalue weighted by atomic mass is 9.81. The number of hydrogen-bond acceptors (Lipinski definition) is 18. The van der Waals surface area contributed by atoms with E-state index < -0.39 is 58.7 Å². The average Bonchev–Trinajstić information content (AvgIpc) is 3.63. The number of rotatable bonds is 29. The molecule has 0 aliphatic heterocycles. The third-order valence-electron chi connectivity index (χ3n) is 10.4. The average molecular weight is 1200 g/mol. The molecule has 0 bridgehead atoms. The number of unbranched alkanes of at least 4 members (excludes halogenated alkanes) is 3. The molecule has 1 rings (SSSR count). The summed E-state index contributed by atoms with van der Waals surface area (Å²) in [7, 11) is 0. The molecule has 0 saturated carbocycles. The molecule has 0 aromatic heterocycles. The maximum Gasteiger partial charge on any atom is 0.333 e. The van der Waals surface area contributed by atoms with Crippen LogP contribution in [0, 0.1) is 16.7 Å². The molecule has 0 spiro atoms. The standard InChI is InChI=1S/C16H18O4.C16H26O4.C14H22O4.C6H14O3.3C4H6O2/c1-11(2)15(17)19-10-14(20-16(18)12(3)4)13-8-6-5-7-9-13;1-10(2)13(20-15(18)12(5)6)16(7,8)9-19-14(17)11(3)4;1-11(2)13(15)17-9-7-5-6-8-10-18-14(16)12(3)4;1-2-6(3-7,4-8)5-9;3*1-3(2)4(5)6/h5-9,14H,1,3,10H2,2,4H3;10,13H,3,5,9H2,1-2,4,6-8H3;1,3,5-10H2,2,4H3;7-9H,2-5H2,1H3;3*1H2,2H3,(H,5,6). The number of carbonyl (C=O) groups excluding carboxylic acids is 6. The van der Waals surface area contributed by atoms with Gasteiger partial charge in [0.15, 0.2) is 6.10 Å². The fourth-order valence-electron chi connectivity index (χ4n) is 4.86. The first-order valence-electron chi connectivity index (χ1n) is 26.6.